The number of halogens is 2. The van der Waals surface area contributed by atoms with Crippen molar-refractivity contribution in [3.63, 3.8) is 0 Å². The van der Waals surface area contributed by atoms with Crippen molar-refractivity contribution in [3.05, 3.63) is 68.6 Å². The maximum Gasteiger partial charge on any atom is 0.255 e. The van der Waals surface area contributed by atoms with Gasteiger partial charge in [-0.1, -0.05) is 30.3 Å². The van der Waals surface area contributed by atoms with Gasteiger partial charge in [-0.2, -0.15) is 10.1 Å². The van der Waals surface area contributed by atoms with Gasteiger partial charge in [0.2, 0.25) is 5.90 Å². The molecule has 0 radical (unpaired) electrons. The predicted octanol–water partition coefficient (Wildman–Crippen LogP) is 4.06. The van der Waals surface area contributed by atoms with Gasteiger partial charge in [0, 0.05) is 11.6 Å². The highest BCUT2D eigenvalue weighted by Crippen LogP contribution is 2.38. The van der Waals surface area contributed by atoms with Gasteiger partial charge < -0.3 is 4.74 Å². The molecular weight excluding hydrogens is 558 g/mol. The van der Waals surface area contributed by atoms with Crippen molar-refractivity contribution >= 4 is 72.4 Å². The van der Waals surface area contributed by atoms with Crippen molar-refractivity contribution in [3.8, 4) is 5.75 Å². The molecule has 0 saturated heterocycles. The van der Waals surface area contributed by atoms with Crippen LogP contribution in [0.1, 0.15) is 23.7 Å². The van der Waals surface area contributed by atoms with E-state index < -0.39 is 17.5 Å². The Morgan fingerprint density at radius 2 is 1.70 bits per heavy atom. The van der Waals surface area contributed by atoms with Gasteiger partial charge in [0.1, 0.15) is 12.3 Å². The van der Waals surface area contributed by atoms with Crippen molar-refractivity contribution < 1.29 is 23.9 Å². The molecule has 0 atom stereocenters. The Morgan fingerprint density at radius 3 is 2.36 bits per heavy atom. The lowest BCUT2D eigenvalue weighted by atomic mass is 9.98. The molecule has 0 aromatic heterocycles. The molecule has 33 heavy (non-hydrogen) atoms. The molecule has 2 aromatic rings. The first-order chi connectivity index (χ1) is 15.7. The van der Waals surface area contributed by atoms with Gasteiger partial charge in [0.15, 0.2) is 23.1 Å². The minimum Gasteiger partial charge on any atom is -0.437 e. The number of ketones is 3. The first kappa shape index (κ1) is 22.9. The topological polar surface area (TPSA) is 105 Å². The third-order valence-electron chi connectivity index (χ3n) is 4.86. The van der Waals surface area contributed by atoms with Crippen molar-refractivity contribution in [2.75, 3.05) is 11.6 Å². The van der Waals surface area contributed by atoms with E-state index in [1.807, 2.05) is 0 Å². The first-order valence-electron chi connectivity index (χ1n) is 9.72. The van der Waals surface area contributed by atoms with Crippen LogP contribution in [0.25, 0.3) is 0 Å². The number of carbonyl (C=O) groups is 4. The lowest BCUT2D eigenvalue weighted by Crippen LogP contribution is -2.36. The number of aliphatic imine (C=N–C) groups is 1. The van der Waals surface area contributed by atoms with Crippen LogP contribution in [0.5, 0.6) is 5.75 Å². The van der Waals surface area contributed by atoms with E-state index in [4.69, 9.17) is 4.74 Å². The average Bonchev–Trinajstić information content (AvgIpc) is 2.79. The number of carbonyl (C=O) groups excluding carboxylic acids is 4. The van der Waals surface area contributed by atoms with Crippen LogP contribution in [0.3, 0.4) is 0 Å². The lowest BCUT2D eigenvalue weighted by Gasteiger charge is -2.23. The summed E-state index contributed by atoms with van der Waals surface area (Å²) in [6, 6.07) is 11.7. The number of rotatable bonds is 4. The van der Waals surface area contributed by atoms with Crippen molar-refractivity contribution in [2.45, 2.75) is 13.3 Å². The molecule has 0 fully saturated rings. The molecule has 2 aliphatic heterocycles. The van der Waals surface area contributed by atoms with E-state index in [9.17, 15) is 19.2 Å². The van der Waals surface area contributed by atoms with Gasteiger partial charge in [-0.3, -0.25) is 19.2 Å². The number of dihydropyridines is 1. The molecule has 4 rings (SSSR count). The van der Waals surface area contributed by atoms with E-state index in [1.165, 1.54) is 6.08 Å². The van der Waals surface area contributed by atoms with E-state index >= 15 is 0 Å². The highest BCUT2D eigenvalue weighted by molar-refractivity contribution is 9.11. The van der Waals surface area contributed by atoms with Gasteiger partial charge >= 0.3 is 0 Å². The molecular formula is C23H15Br2N3O5. The maximum absolute atomic E-state index is 12.8. The molecule has 8 nitrogen and oxygen atoms in total. The SMILES string of the molecule is CC1=NN(c2cc(Br)c(OC3=NCC(=O)C(C(=O)c4ccccc4)=C3)c(Br)c2)C(=O)CC1=O. The summed E-state index contributed by atoms with van der Waals surface area (Å²) in [5.74, 6) is -1.13. The minimum absolute atomic E-state index is 0.0107. The summed E-state index contributed by atoms with van der Waals surface area (Å²) in [6.07, 6.45) is 1.07. The molecule has 2 aliphatic rings. The number of nitrogens with zero attached hydrogens (tertiary/aromatic N) is 3. The Bertz CT molecular complexity index is 1280. The zero-order valence-corrected chi connectivity index (χ0v) is 20.3. The number of hydrogen-bond acceptors (Lipinski definition) is 7. The second kappa shape index (κ2) is 9.32. The lowest BCUT2D eigenvalue weighted by molar-refractivity contribution is -0.124. The Balaban J connectivity index is 1.61. The molecule has 1 amide bonds. The Labute approximate surface area is 205 Å². The largest absolute Gasteiger partial charge is 0.437 e. The molecule has 0 bridgehead atoms. The smallest absolute Gasteiger partial charge is 0.255 e. The second-order valence-electron chi connectivity index (χ2n) is 7.16. The zero-order chi connectivity index (χ0) is 23.7. The van der Waals surface area contributed by atoms with E-state index in [0.29, 0.717) is 25.9 Å². The first-order valence-corrected chi connectivity index (χ1v) is 11.3. The van der Waals surface area contributed by atoms with Crippen LogP contribution in [0.2, 0.25) is 0 Å². The molecule has 2 heterocycles. The summed E-state index contributed by atoms with van der Waals surface area (Å²) < 4.78 is 6.80. The Kier molecular flexibility index (Phi) is 6.48. The average molecular weight is 573 g/mol. The fourth-order valence-electron chi connectivity index (χ4n) is 3.16. The van der Waals surface area contributed by atoms with Crippen molar-refractivity contribution in [1.29, 1.82) is 0 Å². The fraction of sp³-hybridized carbons (Fsp3) is 0.130. The minimum atomic E-state index is -0.444. The van der Waals surface area contributed by atoms with Gasteiger partial charge in [0.05, 0.1) is 26.6 Å². The Morgan fingerprint density at radius 1 is 1.03 bits per heavy atom. The van der Waals surface area contributed by atoms with E-state index in [-0.39, 0.29) is 35.9 Å². The van der Waals surface area contributed by atoms with Gasteiger partial charge in [-0.15, -0.1) is 0 Å². The number of Topliss-reactive ketones (excluding diaryl/α,β-unsaturated/α-hetero) is 3. The molecule has 0 saturated carbocycles. The third kappa shape index (κ3) is 4.76. The zero-order valence-electron chi connectivity index (χ0n) is 17.2. The summed E-state index contributed by atoms with van der Waals surface area (Å²) in [4.78, 5) is 53.1. The summed E-state index contributed by atoms with van der Waals surface area (Å²) in [7, 11) is 0. The molecule has 2 aromatic carbocycles. The maximum atomic E-state index is 12.8. The van der Waals surface area contributed by atoms with Crippen LogP contribution in [0.4, 0.5) is 5.69 Å². The van der Waals surface area contributed by atoms with Crippen molar-refractivity contribution in [1.82, 2.24) is 0 Å². The van der Waals surface area contributed by atoms with Crippen LogP contribution in [0, 0.1) is 0 Å². The monoisotopic (exact) mass is 571 g/mol. The molecule has 0 unspecified atom stereocenters. The second-order valence-corrected chi connectivity index (χ2v) is 8.87. The summed E-state index contributed by atoms with van der Waals surface area (Å²) in [5.41, 5.74) is 1.05. The van der Waals surface area contributed by atoms with Crippen LogP contribution in [-0.4, -0.2) is 41.4 Å². The van der Waals surface area contributed by atoms with Crippen LogP contribution in [0.15, 0.2) is 73.2 Å². The van der Waals surface area contributed by atoms with E-state index in [2.05, 4.69) is 42.0 Å². The number of hydrogen-bond donors (Lipinski definition) is 0. The van der Waals surface area contributed by atoms with Crippen LogP contribution in [-0.2, 0) is 14.4 Å². The number of benzene rings is 2. The highest BCUT2D eigenvalue weighted by atomic mass is 79.9. The molecule has 166 valence electrons. The number of hydrazone groups is 1. The van der Waals surface area contributed by atoms with Gasteiger partial charge in [-0.05, 0) is 50.9 Å². The number of amides is 1. The highest BCUT2D eigenvalue weighted by Gasteiger charge is 2.28. The van der Waals surface area contributed by atoms with Crippen LogP contribution >= 0.6 is 31.9 Å². The predicted molar refractivity (Wildman–Crippen MR) is 129 cm³/mol. The summed E-state index contributed by atoms with van der Waals surface area (Å²) in [5, 5.41) is 5.22. The number of ether oxygens (including phenoxy) is 1. The molecule has 0 spiro atoms. The van der Waals surface area contributed by atoms with E-state index in [0.717, 1.165) is 5.01 Å². The summed E-state index contributed by atoms with van der Waals surface area (Å²) >= 11 is 6.83. The standard InChI is InChI=1S/C23H15Br2N3O5/c1-12-18(29)10-21(31)28(27-12)14-7-16(24)23(17(25)8-14)33-20-9-15(19(30)11-26-20)22(32)13-5-3-2-4-6-13/h2-9H,10-11H2,1H3. The van der Waals surface area contributed by atoms with Crippen LogP contribution < -0.4 is 9.75 Å². The molecule has 0 N–H and O–H groups in total. The Hall–Kier alpha value is -3.24. The summed E-state index contributed by atoms with van der Waals surface area (Å²) in [6.45, 7) is 1.34. The molecule has 0 aliphatic carbocycles. The van der Waals surface area contributed by atoms with E-state index in [1.54, 1.807) is 49.4 Å². The third-order valence-corrected chi connectivity index (χ3v) is 6.04. The van der Waals surface area contributed by atoms with Gasteiger partial charge in [0.25, 0.3) is 5.91 Å². The fourth-order valence-corrected chi connectivity index (χ4v) is 4.48. The number of anilines is 1. The van der Waals surface area contributed by atoms with Crippen molar-refractivity contribution in [2.24, 2.45) is 10.1 Å². The quantitative estimate of drug-likeness (QED) is 0.312. The molecule has 10 heteroatoms. The van der Waals surface area contributed by atoms with Gasteiger partial charge in [-0.25, -0.2) is 4.99 Å². The normalized spacial score (nSPS) is 16.3.